The molecular formula is C20H15N3O7. The van der Waals surface area contributed by atoms with Gasteiger partial charge >= 0.3 is 5.97 Å². The number of nitrogens with one attached hydrogen (secondary N) is 1. The maximum Gasteiger partial charge on any atom is 0.379 e. The van der Waals surface area contributed by atoms with Crippen molar-refractivity contribution in [1.82, 2.24) is 5.43 Å². The molecule has 0 aliphatic carbocycles. The van der Waals surface area contributed by atoms with Crippen LogP contribution in [0, 0.1) is 10.1 Å². The molecule has 0 unspecified atom stereocenters. The number of furan rings is 1. The number of nitrogens with zero attached hydrogens (tertiary/aromatic N) is 2. The number of hydrazone groups is 1. The van der Waals surface area contributed by atoms with Crippen LogP contribution in [0.5, 0.6) is 11.5 Å². The van der Waals surface area contributed by atoms with Crippen LogP contribution in [0.4, 0.5) is 5.69 Å². The predicted octanol–water partition coefficient (Wildman–Crippen LogP) is 3.18. The molecule has 3 rings (SSSR count). The quantitative estimate of drug-likeness (QED) is 0.208. The van der Waals surface area contributed by atoms with Gasteiger partial charge in [0.05, 0.1) is 24.5 Å². The molecule has 10 heteroatoms. The number of carbonyl (C=O) groups excluding carboxylic acids is 2. The van der Waals surface area contributed by atoms with Crippen LogP contribution in [-0.4, -0.2) is 30.1 Å². The van der Waals surface area contributed by atoms with Gasteiger partial charge in [-0.3, -0.25) is 14.9 Å². The van der Waals surface area contributed by atoms with Crippen LogP contribution in [0.1, 0.15) is 26.5 Å². The molecule has 0 fully saturated rings. The Labute approximate surface area is 169 Å². The number of hydrogen-bond acceptors (Lipinski definition) is 8. The van der Waals surface area contributed by atoms with Crippen LogP contribution in [0.2, 0.25) is 0 Å². The Kier molecular flexibility index (Phi) is 6.18. The summed E-state index contributed by atoms with van der Waals surface area (Å²) in [6.07, 6.45) is 2.67. The summed E-state index contributed by atoms with van der Waals surface area (Å²) in [5, 5.41) is 14.8. The SMILES string of the molecule is COc1cc(/C=N/NC(=O)c2ccccc2[N+](=O)[O-])ccc1OC(=O)c1ccco1. The van der Waals surface area contributed by atoms with Crippen molar-refractivity contribution in [2.75, 3.05) is 7.11 Å². The Balaban J connectivity index is 1.70. The zero-order valence-corrected chi connectivity index (χ0v) is 15.6. The lowest BCUT2D eigenvalue weighted by molar-refractivity contribution is -0.385. The summed E-state index contributed by atoms with van der Waals surface area (Å²) < 4.78 is 15.4. The summed E-state index contributed by atoms with van der Waals surface area (Å²) in [6.45, 7) is 0. The minimum absolute atomic E-state index is 0.0420. The van der Waals surface area contributed by atoms with Gasteiger partial charge in [0.25, 0.3) is 11.6 Å². The van der Waals surface area contributed by atoms with Crippen LogP contribution in [0.15, 0.2) is 70.4 Å². The second-order valence-electron chi connectivity index (χ2n) is 5.75. The number of amides is 1. The fraction of sp³-hybridized carbons (Fsp3) is 0.0500. The van der Waals surface area contributed by atoms with Crippen LogP contribution >= 0.6 is 0 Å². The van der Waals surface area contributed by atoms with E-state index in [0.717, 1.165) is 0 Å². The standard InChI is InChI=1S/C20H15N3O7/c1-28-18-11-13(8-9-16(18)30-20(25)17-7-4-10-29-17)12-21-22-19(24)14-5-2-3-6-15(14)23(26)27/h2-12H,1H3,(H,22,24)/b21-12+. The number of esters is 1. The number of carbonyl (C=O) groups is 2. The Hall–Kier alpha value is -4.47. The molecular weight excluding hydrogens is 394 g/mol. The largest absolute Gasteiger partial charge is 0.493 e. The van der Waals surface area contributed by atoms with E-state index in [1.165, 1.54) is 62.1 Å². The van der Waals surface area contributed by atoms with E-state index in [0.29, 0.717) is 5.56 Å². The van der Waals surface area contributed by atoms with Gasteiger partial charge < -0.3 is 13.9 Å². The van der Waals surface area contributed by atoms with Crippen molar-refractivity contribution >= 4 is 23.8 Å². The summed E-state index contributed by atoms with van der Waals surface area (Å²) in [4.78, 5) is 34.5. The van der Waals surface area contributed by atoms with Crippen molar-refractivity contribution < 1.29 is 28.4 Å². The number of para-hydroxylation sites is 1. The molecule has 0 saturated carbocycles. The first-order valence-electron chi connectivity index (χ1n) is 8.50. The molecule has 0 spiro atoms. The summed E-state index contributed by atoms with van der Waals surface area (Å²) in [5.41, 5.74) is 2.32. The summed E-state index contributed by atoms with van der Waals surface area (Å²) in [6, 6.07) is 13.2. The third-order valence-corrected chi connectivity index (χ3v) is 3.84. The minimum atomic E-state index is -0.727. The van der Waals surface area contributed by atoms with E-state index in [9.17, 15) is 19.7 Å². The van der Waals surface area contributed by atoms with E-state index >= 15 is 0 Å². The molecule has 0 bridgehead atoms. The Morgan fingerprint density at radius 3 is 2.63 bits per heavy atom. The average molecular weight is 409 g/mol. The van der Waals surface area contributed by atoms with Gasteiger partial charge in [-0.05, 0) is 42.0 Å². The number of methoxy groups -OCH3 is 1. The van der Waals surface area contributed by atoms with Crippen molar-refractivity contribution in [3.05, 3.63) is 87.9 Å². The van der Waals surface area contributed by atoms with Crippen LogP contribution in [-0.2, 0) is 0 Å². The molecule has 0 aliphatic heterocycles. The summed E-state index contributed by atoms with van der Waals surface area (Å²) in [7, 11) is 1.40. The number of nitro benzene ring substituents is 1. The number of nitro groups is 1. The molecule has 0 radical (unpaired) electrons. The lowest BCUT2D eigenvalue weighted by atomic mass is 10.2. The smallest absolute Gasteiger partial charge is 0.379 e. The molecule has 0 aliphatic rings. The number of ether oxygens (including phenoxy) is 2. The molecule has 1 aromatic heterocycles. The van der Waals surface area contributed by atoms with E-state index in [1.54, 1.807) is 12.1 Å². The van der Waals surface area contributed by atoms with Gasteiger partial charge in [0, 0.05) is 6.07 Å². The monoisotopic (exact) mass is 409 g/mol. The van der Waals surface area contributed by atoms with E-state index < -0.39 is 16.8 Å². The first-order chi connectivity index (χ1) is 14.5. The highest BCUT2D eigenvalue weighted by atomic mass is 16.6. The fourth-order valence-corrected chi connectivity index (χ4v) is 2.44. The van der Waals surface area contributed by atoms with E-state index in [2.05, 4.69) is 10.5 Å². The van der Waals surface area contributed by atoms with Gasteiger partial charge in [-0.2, -0.15) is 5.10 Å². The molecule has 0 saturated heterocycles. The van der Waals surface area contributed by atoms with Gasteiger partial charge in [-0.25, -0.2) is 10.2 Å². The van der Waals surface area contributed by atoms with Crippen LogP contribution in [0.3, 0.4) is 0 Å². The van der Waals surface area contributed by atoms with Crippen molar-refractivity contribution in [1.29, 1.82) is 0 Å². The number of benzene rings is 2. The Morgan fingerprint density at radius 2 is 1.93 bits per heavy atom. The second kappa shape index (κ2) is 9.15. The Bertz CT molecular complexity index is 1110. The molecule has 2 aromatic carbocycles. The van der Waals surface area contributed by atoms with Crippen molar-refractivity contribution in [2.45, 2.75) is 0 Å². The highest BCUT2D eigenvalue weighted by Crippen LogP contribution is 2.28. The van der Waals surface area contributed by atoms with Gasteiger partial charge in [-0.15, -0.1) is 0 Å². The van der Waals surface area contributed by atoms with Crippen LogP contribution in [0.25, 0.3) is 0 Å². The summed E-state index contributed by atoms with van der Waals surface area (Å²) >= 11 is 0. The predicted molar refractivity (Wildman–Crippen MR) is 105 cm³/mol. The van der Waals surface area contributed by atoms with E-state index in [4.69, 9.17) is 13.9 Å². The van der Waals surface area contributed by atoms with Crippen molar-refractivity contribution in [3.8, 4) is 11.5 Å². The molecule has 1 N–H and O–H groups in total. The van der Waals surface area contributed by atoms with Gasteiger partial charge in [0.15, 0.2) is 11.5 Å². The molecule has 3 aromatic rings. The zero-order chi connectivity index (χ0) is 21.5. The molecule has 152 valence electrons. The normalized spacial score (nSPS) is 10.6. The van der Waals surface area contributed by atoms with E-state index in [-0.39, 0.29) is 28.5 Å². The van der Waals surface area contributed by atoms with Crippen LogP contribution < -0.4 is 14.9 Å². The highest BCUT2D eigenvalue weighted by molar-refractivity contribution is 5.98. The molecule has 1 heterocycles. The minimum Gasteiger partial charge on any atom is -0.493 e. The fourth-order valence-electron chi connectivity index (χ4n) is 2.44. The summed E-state index contributed by atoms with van der Waals surface area (Å²) in [5.74, 6) is -0.949. The van der Waals surface area contributed by atoms with E-state index in [1.807, 2.05) is 0 Å². The zero-order valence-electron chi connectivity index (χ0n) is 15.6. The maximum atomic E-state index is 12.2. The molecule has 30 heavy (non-hydrogen) atoms. The lowest BCUT2D eigenvalue weighted by Crippen LogP contribution is -2.18. The second-order valence-corrected chi connectivity index (χ2v) is 5.75. The third kappa shape index (κ3) is 4.68. The average Bonchev–Trinajstić information content (AvgIpc) is 3.29. The Morgan fingerprint density at radius 1 is 1.13 bits per heavy atom. The van der Waals surface area contributed by atoms with Gasteiger partial charge in [0.2, 0.25) is 5.76 Å². The van der Waals surface area contributed by atoms with Crippen molar-refractivity contribution in [2.24, 2.45) is 5.10 Å². The highest BCUT2D eigenvalue weighted by Gasteiger charge is 2.18. The van der Waals surface area contributed by atoms with Gasteiger partial charge in [-0.1, -0.05) is 12.1 Å². The first kappa shape index (κ1) is 20.3. The third-order valence-electron chi connectivity index (χ3n) is 3.84. The molecule has 0 atom stereocenters. The first-order valence-corrected chi connectivity index (χ1v) is 8.50. The molecule has 10 nitrogen and oxygen atoms in total. The molecule has 1 amide bonds. The number of hydrogen-bond donors (Lipinski definition) is 1. The maximum absolute atomic E-state index is 12.2. The topological polar surface area (TPSA) is 133 Å². The van der Waals surface area contributed by atoms with Gasteiger partial charge in [0.1, 0.15) is 5.56 Å². The number of rotatable bonds is 7. The van der Waals surface area contributed by atoms with Crippen molar-refractivity contribution in [3.63, 3.8) is 0 Å². The lowest BCUT2D eigenvalue weighted by Gasteiger charge is -2.09.